The van der Waals surface area contributed by atoms with Crippen LogP contribution < -0.4 is 0 Å². The first-order valence-corrected chi connectivity index (χ1v) is 6.11. The van der Waals surface area contributed by atoms with Crippen molar-refractivity contribution in [1.82, 2.24) is 4.90 Å². The average Bonchev–Trinajstić information content (AvgIpc) is 2.77. The lowest BCUT2D eigenvalue weighted by Crippen LogP contribution is -2.43. The van der Waals surface area contributed by atoms with Gasteiger partial charge in [-0.3, -0.25) is 4.79 Å². The number of carbonyl (C=O) groups is 1. The number of hydrogen-bond donors (Lipinski definition) is 0. The summed E-state index contributed by atoms with van der Waals surface area (Å²) in [7, 11) is 0. The molecule has 0 radical (unpaired) electrons. The van der Waals surface area contributed by atoms with Crippen molar-refractivity contribution < 1.29 is 4.79 Å². The SMILES string of the molecule is O=C1C[C@H]2C[C@@H]1C[C@@H]2N1CCCCC1. The van der Waals surface area contributed by atoms with Crippen molar-refractivity contribution in [3.8, 4) is 0 Å². The Morgan fingerprint density at radius 3 is 2.43 bits per heavy atom. The normalized spacial score (nSPS) is 43.4. The number of rotatable bonds is 1. The molecule has 2 bridgehead atoms. The number of likely N-dealkylation sites (tertiary alicyclic amines) is 1. The Balaban J connectivity index is 1.67. The quantitative estimate of drug-likeness (QED) is 0.633. The maximum absolute atomic E-state index is 11.4. The van der Waals surface area contributed by atoms with Crippen molar-refractivity contribution in [3.63, 3.8) is 0 Å². The van der Waals surface area contributed by atoms with Crippen LogP contribution in [-0.4, -0.2) is 29.8 Å². The van der Waals surface area contributed by atoms with E-state index in [4.69, 9.17) is 0 Å². The predicted octanol–water partition coefficient (Wildman–Crippen LogP) is 1.84. The molecule has 0 amide bonds. The van der Waals surface area contributed by atoms with E-state index in [1.807, 2.05) is 0 Å². The van der Waals surface area contributed by atoms with Gasteiger partial charge >= 0.3 is 0 Å². The van der Waals surface area contributed by atoms with Gasteiger partial charge in [0, 0.05) is 18.4 Å². The van der Waals surface area contributed by atoms with Gasteiger partial charge in [0.15, 0.2) is 0 Å². The molecule has 0 aromatic carbocycles. The molecule has 3 atom stereocenters. The van der Waals surface area contributed by atoms with Gasteiger partial charge in [-0.25, -0.2) is 0 Å². The number of piperidine rings is 1. The number of ketones is 1. The van der Waals surface area contributed by atoms with Crippen LogP contribution in [-0.2, 0) is 4.79 Å². The molecule has 78 valence electrons. The third-order valence-corrected chi connectivity index (χ3v) is 4.44. The monoisotopic (exact) mass is 193 g/mol. The molecule has 1 heterocycles. The van der Waals surface area contributed by atoms with Gasteiger partial charge < -0.3 is 4.90 Å². The molecule has 3 fully saturated rings. The highest BCUT2D eigenvalue weighted by Crippen LogP contribution is 2.44. The zero-order chi connectivity index (χ0) is 9.54. The van der Waals surface area contributed by atoms with Crippen LogP contribution in [0.3, 0.4) is 0 Å². The summed E-state index contributed by atoms with van der Waals surface area (Å²) in [5, 5.41) is 0. The van der Waals surface area contributed by atoms with E-state index in [1.165, 1.54) is 45.2 Å². The van der Waals surface area contributed by atoms with Crippen LogP contribution in [0.15, 0.2) is 0 Å². The van der Waals surface area contributed by atoms with Crippen LogP contribution in [0.2, 0.25) is 0 Å². The van der Waals surface area contributed by atoms with E-state index in [1.54, 1.807) is 0 Å². The topological polar surface area (TPSA) is 20.3 Å². The first kappa shape index (κ1) is 8.90. The van der Waals surface area contributed by atoms with Crippen LogP contribution in [0, 0.1) is 11.8 Å². The summed E-state index contributed by atoms with van der Waals surface area (Å²) in [6.07, 6.45) is 7.45. The Bertz CT molecular complexity index is 245. The van der Waals surface area contributed by atoms with E-state index in [2.05, 4.69) is 4.90 Å². The molecule has 2 nitrogen and oxygen atoms in total. The van der Waals surface area contributed by atoms with E-state index in [0.29, 0.717) is 11.7 Å². The first-order valence-electron chi connectivity index (χ1n) is 6.11. The summed E-state index contributed by atoms with van der Waals surface area (Å²) < 4.78 is 0. The van der Waals surface area contributed by atoms with Crippen molar-refractivity contribution in [2.24, 2.45) is 11.8 Å². The molecule has 2 heteroatoms. The van der Waals surface area contributed by atoms with Crippen molar-refractivity contribution in [3.05, 3.63) is 0 Å². The Hall–Kier alpha value is -0.370. The molecular formula is C12H19NO. The zero-order valence-electron chi connectivity index (χ0n) is 8.74. The van der Waals surface area contributed by atoms with Crippen LogP contribution in [0.25, 0.3) is 0 Å². The summed E-state index contributed by atoms with van der Waals surface area (Å²) in [6, 6.07) is 0.776. The van der Waals surface area contributed by atoms with Crippen LogP contribution in [0.1, 0.15) is 38.5 Å². The molecule has 14 heavy (non-hydrogen) atoms. The summed E-state index contributed by atoms with van der Waals surface area (Å²) in [5.74, 6) is 1.74. The highest BCUT2D eigenvalue weighted by atomic mass is 16.1. The lowest BCUT2D eigenvalue weighted by atomic mass is 9.92. The first-order chi connectivity index (χ1) is 6.84. The molecule has 0 aromatic heterocycles. The Labute approximate surface area is 85.7 Å². The third kappa shape index (κ3) is 1.31. The number of hydrogen-bond acceptors (Lipinski definition) is 2. The number of Topliss-reactive ketones (excluding diaryl/α,β-unsaturated/α-hetero) is 1. The predicted molar refractivity (Wildman–Crippen MR) is 55.1 cm³/mol. The fourth-order valence-corrected chi connectivity index (χ4v) is 3.71. The molecule has 0 N–H and O–H groups in total. The van der Waals surface area contributed by atoms with Crippen LogP contribution in [0.5, 0.6) is 0 Å². The minimum atomic E-state index is 0.451. The lowest BCUT2D eigenvalue weighted by Gasteiger charge is -2.36. The Morgan fingerprint density at radius 2 is 1.86 bits per heavy atom. The van der Waals surface area contributed by atoms with Crippen LogP contribution in [0.4, 0.5) is 0 Å². The molecule has 2 aliphatic carbocycles. The van der Waals surface area contributed by atoms with Crippen molar-refractivity contribution in [1.29, 1.82) is 0 Å². The molecule has 1 saturated heterocycles. The molecule has 2 saturated carbocycles. The summed E-state index contributed by atoms with van der Waals surface area (Å²) in [5.41, 5.74) is 0. The molecule has 0 aromatic rings. The van der Waals surface area contributed by atoms with Gasteiger partial charge in [-0.2, -0.15) is 0 Å². The largest absolute Gasteiger partial charge is 0.300 e. The molecule has 3 rings (SSSR count). The number of nitrogens with zero attached hydrogens (tertiary/aromatic N) is 1. The van der Waals surface area contributed by atoms with E-state index in [0.717, 1.165) is 18.4 Å². The maximum atomic E-state index is 11.4. The standard InChI is InChI=1S/C12H19NO/c14-12-8-9-6-10(12)7-11(9)13-4-2-1-3-5-13/h9-11H,1-8H2/t9-,10-,11+/m1/s1. The van der Waals surface area contributed by atoms with Gasteiger partial charge in [-0.1, -0.05) is 6.42 Å². The lowest BCUT2D eigenvalue weighted by molar-refractivity contribution is -0.122. The molecule has 0 unspecified atom stereocenters. The second kappa shape index (κ2) is 3.34. The summed E-state index contributed by atoms with van der Waals surface area (Å²) in [4.78, 5) is 14.1. The molecule has 0 spiro atoms. The second-order valence-electron chi connectivity index (χ2n) is 5.26. The number of fused-ring (bicyclic) bond motifs is 2. The smallest absolute Gasteiger partial charge is 0.136 e. The van der Waals surface area contributed by atoms with E-state index >= 15 is 0 Å². The maximum Gasteiger partial charge on any atom is 0.136 e. The summed E-state index contributed by atoms with van der Waals surface area (Å²) >= 11 is 0. The van der Waals surface area contributed by atoms with Gasteiger partial charge in [0.2, 0.25) is 0 Å². The van der Waals surface area contributed by atoms with Crippen molar-refractivity contribution >= 4 is 5.78 Å². The molecule has 3 aliphatic rings. The van der Waals surface area contributed by atoms with E-state index < -0.39 is 0 Å². The molecule has 1 aliphatic heterocycles. The summed E-state index contributed by atoms with van der Waals surface area (Å²) in [6.45, 7) is 2.59. The van der Waals surface area contributed by atoms with Gasteiger partial charge in [0.05, 0.1) is 0 Å². The van der Waals surface area contributed by atoms with E-state index in [-0.39, 0.29) is 0 Å². The Morgan fingerprint density at radius 1 is 1.07 bits per heavy atom. The minimum absolute atomic E-state index is 0.451. The third-order valence-electron chi connectivity index (χ3n) is 4.44. The highest BCUT2D eigenvalue weighted by molar-refractivity contribution is 5.84. The van der Waals surface area contributed by atoms with E-state index in [9.17, 15) is 4.79 Å². The van der Waals surface area contributed by atoms with Crippen molar-refractivity contribution in [2.75, 3.05) is 13.1 Å². The molecular weight excluding hydrogens is 174 g/mol. The zero-order valence-corrected chi connectivity index (χ0v) is 8.74. The Kier molecular flexibility index (Phi) is 2.12. The average molecular weight is 193 g/mol. The van der Waals surface area contributed by atoms with Crippen LogP contribution >= 0.6 is 0 Å². The van der Waals surface area contributed by atoms with Gasteiger partial charge in [-0.05, 0) is 44.7 Å². The minimum Gasteiger partial charge on any atom is -0.300 e. The fourth-order valence-electron chi connectivity index (χ4n) is 3.71. The fraction of sp³-hybridized carbons (Fsp3) is 0.917. The van der Waals surface area contributed by atoms with Crippen molar-refractivity contribution in [2.45, 2.75) is 44.6 Å². The highest BCUT2D eigenvalue weighted by Gasteiger charge is 2.47. The van der Waals surface area contributed by atoms with Gasteiger partial charge in [0.1, 0.15) is 5.78 Å². The second-order valence-corrected chi connectivity index (χ2v) is 5.26. The van der Waals surface area contributed by atoms with Gasteiger partial charge in [0.25, 0.3) is 0 Å². The number of carbonyl (C=O) groups excluding carboxylic acids is 1. The van der Waals surface area contributed by atoms with Gasteiger partial charge in [-0.15, -0.1) is 0 Å².